The van der Waals surface area contributed by atoms with Crippen LogP contribution in [0.4, 0.5) is 0 Å². The molecule has 0 unspecified atom stereocenters. The number of phenols is 2. The lowest BCUT2D eigenvalue weighted by atomic mass is 9.75. The van der Waals surface area contributed by atoms with Gasteiger partial charge in [-0.2, -0.15) is 0 Å². The Morgan fingerprint density at radius 1 is 0.375 bits per heavy atom. The molecule has 3 aromatic carbocycles. The van der Waals surface area contributed by atoms with Crippen LogP contribution >= 0.6 is 0 Å². The van der Waals surface area contributed by atoms with Crippen molar-refractivity contribution >= 4 is 0 Å². The molecule has 0 saturated heterocycles. The number of phenolic OH excluding ortho intramolecular Hbond substituents is 2. The van der Waals surface area contributed by atoms with Crippen molar-refractivity contribution in [1.29, 1.82) is 0 Å². The standard InChI is InChI=1S/C38H54O2/c1-21-22(2)32(26-19-29(37(11,12)13)34(40)30(20-26)38(14,15)16)24(4)23(3)31(21)25-17-27(35(5,6)7)33(39)28(18-25)36(8,9)10/h17-20,39-40H,1-16H3. The lowest BCUT2D eigenvalue weighted by Gasteiger charge is -2.30. The summed E-state index contributed by atoms with van der Waals surface area (Å²) in [5.74, 6) is 0.829. The highest BCUT2D eigenvalue weighted by atomic mass is 16.3. The van der Waals surface area contributed by atoms with Crippen LogP contribution in [0.3, 0.4) is 0 Å². The molecule has 0 aliphatic carbocycles. The Labute approximate surface area is 244 Å². The summed E-state index contributed by atoms with van der Waals surface area (Å²) in [6.07, 6.45) is 0. The molecule has 0 aliphatic rings. The molecular weight excluding hydrogens is 488 g/mol. The van der Waals surface area contributed by atoms with Crippen molar-refractivity contribution in [3.63, 3.8) is 0 Å². The molecule has 0 saturated carbocycles. The second-order valence-electron chi connectivity index (χ2n) is 16.1. The lowest BCUT2D eigenvalue weighted by molar-refractivity contribution is 0.422. The predicted octanol–water partition coefficient (Wildman–Crippen LogP) is 10.9. The van der Waals surface area contributed by atoms with E-state index in [0.29, 0.717) is 11.5 Å². The first-order chi connectivity index (χ1) is 17.9. The van der Waals surface area contributed by atoms with Crippen molar-refractivity contribution in [2.75, 3.05) is 0 Å². The van der Waals surface area contributed by atoms with Gasteiger partial charge in [-0.3, -0.25) is 0 Å². The van der Waals surface area contributed by atoms with Gasteiger partial charge in [-0.15, -0.1) is 0 Å². The van der Waals surface area contributed by atoms with Crippen LogP contribution in [0.2, 0.25) is 0 Å². The predicted molar refractivity (Wildman–Crippen MR) is 174 cm³/mol. The number of benzene rings is 3. The molecule has 0 atom stereocenters. The van der Waals surface area contributed by atoms with Gasteiger partial charge in [0.1, 0.15) is 11.5 Å². The molecule has 3 aromatic rings. The molecular formula is C38H54O2. The van der Waals surface area contributed by atoms with Crippen LogP contribution in [0.25, 0.3) is 22.3 Å². The minimum Gasteiger partial charge on any atom is -0.507 e. The van der Waals surface area contributed by atoms with Gasteiger partial charge in [0, 0.05) is 22.3 Å². The van der Waals surface area contributed by atoms with Gasteiger partial charge in [0.05, 0.1) is 0 Å². The Bertz CT molecular complexity index is 1240. The molecule has 0 spiro atoms. The van der Waals surface area contributed by atoms with Crippen LogP contribution in [0.15, 0.2) is 24.3 Å². The third-order valence-electron chi connectivity index (χ3n) is 8.65. The maximum absolute atomic E-state index is 11.4. The fraction of sp³-hybridized carbons (Fsp3) is 0.526. The van der Waals surface area contributed by atoms with E-state index in [0.717, 1.165) is 33.4 Å². The van der Waals surface area contributed by atoms with Crippen molar-refractivity contribution in [3.05, 3.63) is 68.8 Å². The Balaban J connectivity index is 2.45. The fourth-order valence-corrected chi connectivity index (χ4v) is 6.02. The van der Waals surface area contributed by atoms with Crippen molar-refractivity contribution in [3.8, 4) is 33.8 Å². The third kappa shape index (κ3) is 5.69. The zero-order chi connectivity index (χ0) is 30.9. The molecule has 0 amide bonds. The highest BCUT2D eigenvalue weighted by molar-refractivity contribution is 5.84. The van der Waals surface area contributed by atoms with Crippen LogP contribution in [0.5, 0.6) is 11.5 Å². The van der Waals surface area contributed by atoms with Crippen LogP contribution in [0.1, 0.15) is 128 Å². The first-order valence-corrected chi connectivity index (χ1v) is 14.8. The van der Waals surface area contributed by atoms with Gasteiger partial charge in [-0.25, -0.2) is 0 Å². The zero-order valence-electron chi connectivity index (χ0n) is 28.2. The van der Waals surface area contributed by atoms with E-state index >= 15 is 0 Å². The average Bonchev–Trinajstić information content (AvgIpc) is 2.76. The highest BCUT2D eigenvalue weighted by Crippen LogP contribution is 2.47. The number of rotatable bonds is 2. The Morgan fingerprint density at radius 2 is 0.550 bits per heavy atom. The second kappa shape index (κ2) is 9.97. The van der Waals surface area contributed by atoms with E-state index in [1.807, 2.05) is 0 Å². The molecule has 0 aliphatic heterocycles. The molecule has 2 nitrogen and oxygen atoms in total. The largest absolute Gasteiger partial charge is 0.507 e. The molecule has 0 aromatic heterocycles. The van der Waals surface area contributed by atoms with Gasteiger partial charge in [0.2, 0.25) is 0 Å². The molecule has 0 radical (unpaired) electrons. The van der Waals surface area contributed by atoms with E-state index in [1.54, 1.807) is 0 Å². The molecule has 2 N–H and O–H groups in total. The Hall–Kier alpha value is -2.74. The highest BCUT2D eigenvalue weighted by Gasteiger charge is 2.30. The molecule has 40 heavy (non-hydrogen) atoms. The fourth-order valence-electron chi connectivity index (χ4n) is 6.02. The van der Waals surface area contributed by atoms with Gasteiger partial charge >= 0.3 is 0 Å². The summed E-state index contributed by atoms with van der Waals surface area (Å²) in [6.45, 7) is 35.0. The maximum atomic E-state index is 11.4. The maximum Gasteiger partial charge on any atom is 0.123 e. The first kappa shape index (κ1) is 31.8. The summed E-state index contributed by atoms with van der Waals surface area (Å²) in [5, 5.41) is 22.7. The summed E-state index contributed by atoms with van der Waals surface area (Å²) in [5.41, 5.74) is 13.0. The van der Waals surface area contributed by atoms with E-state index in [2.05, 4.69) is 135 Å². The van der Waals surface area contributed by atoms with E-state index < -0.39 is 0 Å². The van der Waals surface area contributed by atoms with Crippen LogP contribution in [0, 0.1) is 27.7 Å². The smallest absolute Gasteiger partial charge is 0.123 e. The minimum absolute atomic E-state index is 0.190. The molecule has 0 fully saturated rings. The van der Waals surface area contributed by atoms with Crippen molar-refractivity contribution in [2.24, 2.45) is 0 Å². The normalized spacial score (nSPS) is 13.2. The Morgan fingerprint density at radius 3 is 0.700 bits per heavy atom. The van der Waals surface area contributed by atoms with Gasteiger partial charge in [0.25, 0.3) is 0 Å². The Kier molecular flexibility index (Phi) is 7.92. The second-order valence-corrected chi connectivity index (χ2v) is 16.1. The van der Waals surface area contributed by atoms with E-state index in [9.17, 15) is 10.2 Å². The number of hydrogen-bond acceptors (Lipinski definition) is 2. The molecule has 3 rings (SSSR count). The lowest BCUT2D eigenvalue weighted by Crippen LogP contribution is -2.18. The molecule has 218 valence electrons. The van der Waals surface area contributed by atoms with Crippen LogP contribution in [-0.2, 0) is 21.7 Å². The summed E-state index contributed by atoms with van der Waals surface area (Å²) < 4.78 is 0. The first-order valence-electron chi connectivity index (χ1n) is 14.8. The number of aromatic hydroxyl groups is 2. The van der Waals surface area contributed by atoms with Crippen molar-refractivity contribution in [1.82, 2.24) is 0 Å². The zero-order valence-corrected chi connectivity index (χ0v) is 28.2. The van der Waals surface area contributed by atoms with Crippen LogP contribution < -0.4 is 0 Å². The van der Waals surface area contributed by atoms with Gasteiger partial charge in [-0.05, 0) is 118 Å². The number of hydrogen-bond donors (Lipinski definition) is 2. The third-order valence-corrected chi connectivity index (χ3v) is 8.65. The van der Waals surface area contributed by atoms with Gasteiger partial charge < -0.3 is 10.2 Å². The summed E-state index contributed by atoms with van der Waals surface area (Å²) in [6, 6.07) is 8.81. The summed E-state index contributed by atoms with van der Waals surface area (Å²) >= 11 is 0. The van der Waals surface area contributed by atoms with E-state index in [4.69, 9.17) is 0 Å². The van der Waals surface area contributed by atoms with E-state index in [1.165, 1.54) is 33.4 Å². The summed E-state index contributed by atoms with van der Waals surface area (Å²) in [7, 11) is 0. The van der Waals surface area contributed by atoms with Gasteiger partial charge in [0.15, 0.2) is 0 Å². The van der Waals surface area contributed by atoms with Crippen molar-refractivity contribution in [2.45, 2.75) is 132 Å². The quantitative estimate of drug-likeness (QED) is 0.338. The van der Waals surface area contributed by atoms with Crippen LogP contribution in [-0.4, -0.2) is 10.2 Å². The topological polar surface area (TPSA) is 40.5 Å². The van der Waals surface area contributed by atoms with Gasteiger partial charge in [-0.1, -0.05) is 83.1 Å². The molecule has 0 bridgehead atoms. The summed E-state index contributed by atoms with van der Waals surface area (Å²) in [4.78, 5) is 0. The molecule has 2 heteroatoms. The minimum atomic E-state index is -0.190. The average molecular weight is 543 g/mol. The molecule has 0 heterocycles. The SMILES string of the molecule is Cc1c(C)c(-c2cc(C(C)(C)C)c(O)c(C(C)(C)C)c2)c(C)c(C)c1-c1cc(C(C)(C)C)c(O)c(C(C)(C)C)c1. The monoisotopic (exact) mass is 542 g/mol. The van der Waals surface area contributed by atoms with Crippen molar-refractivity contribution < 1.29 is 10.2 Å². The van der Waals surface area contributed by atoms with E-state index in [-0.39, 0.29) is 21.7 Å².